The molecular formula is C91H112N10O22. The van der Waals surface area contributed by atoms with Crippen molar-refractivity contribution in [2.24, 2.45) is 0 Å². The van der Waals surface area contributed by atoms with Gasteiger partial charge in [0.15, 0.2) is 11.5 Å². The Morgan fingerprint density at radius 3 is 0.984 bits per heavy atom. The van der Waals surface area contributed by atoms with E-state index in [-0.39, 0.29) is 69.7 Å². The number of nitro groups is 4. The van der Waals surface area contributed by atoms with Gasteiger partial charge in [0.1, 0.15) is 23.0 Å². The zero-order valence-corrected chi connectivity index (χ0v) is 71.5. The molecular weight excluding hydrogens is 1590 g/mol. The molecule has 0 aliphatic carbocycles. The van der Waals surface area contributed by atoms with Crippen LogP contribution < -0.4 is 28.4 Å². The third-order valence-corrected chi connectivity index (χ3v) is 20.5. The van der Waals surface area contributed by atoms with E-state index in [0.717, 1.165) is 158 Å². The molecule has 0 unspecified atom stereocenters. The largest absolute Gasteiger partial charge is 0.497 e. The van der Waals surface area contributed by atoms with Crippen molar-refractivity contribution in [2.45, 2.75) is 97.8 Å². The number of piperidine rings is 4. The van der Waals surface area contributed by atoms with E-state index in [1.54, 1.807) is 110 Å². The number of benzene rings is 6. The predicted octanol–water partition coefficient (Wildman–Crippen LogP) is 14.8. The number of carbonyl (C=O) groups is 6. The van der Waals surface area contributed by atoms with Crippen LogP contribution in [0.5, 0.6) is 34.5 Å². The summed E-state index contributed by atoms with van der Waals surface area (Å²) in [6.45, 7) is 16.7. The highest BCUT2D eigenvalue weighted by Crippen LogP contribution is 2.32. The number of nitro benzene ring substituents is 4. The van der Waals surface area contributed by atoms with Crippen LogP contribution in [0, 0.1) is 40.5 Å². The Labute approximate surface area is 717 Å². The van der Waals surface area contributed by atoms with Gasteiger partial charge in [0.05, 0.1) is 112 Å². The zero-order chi connectivity index (χ0) is 89.2. The Kier molecular flexibility index (Phi) is 40.6. The van der Waals surface area contributed by atoms with Crippen LogP contribution in [0.25, 0.3) is 36.5 Å². The summed E-state index contributed by atoms with van der Waals surface area (Å²) in [4.78, 5) is 126. The molecule has 6 fully saturated rings. The minimum atomic E-state index is -0.497. The molecule has 0 bridgehead atoms. The first-order chi connectivity index (χ1) is 59.3. The maximum absolute atomic E-state index is 12.4. The van der Waals surface area contributed by atoms with Gasteiger partial charge in [-0.15, -0.1) is 0 Å². The Morgan fingerprint density at radius 1 is 0.301 bits per heavy atom. The van der Waals surface area contributed by atoms with Gasteiger partial charge in [0.25, 0.3) is 11.4 Å². The highest BCUT2D eigenvalue weighted by atomic mass is 16.6. The number of hydrogen-bond donors (Lipinski definition) is 0. The molecule has 0 spiro atoms. The Balaban J connectivity index is 0.000000203. The molecule has 6 saturated heterocycles. The molecule has 6 heterocycles. The number of nitrogens with zero attached hydrogens (tertiary/aromatic N) is 10. The molecule has 0 saturated carbocycles. The van der Waals surface area contributed by atoms with Gasteiger partial charge in [-0.2, -0.15) is 0 Å². The van der Waals surface area contributed by atoms with Crippen molar-refractivity contribution in [3.8, 4) is 34.5 Å². The molecule has 0 atom stereocenters. The Morgan fingerprint density at radius 2 is 0.593 bits per heavy atom. The smallest absolute Gasteiger partial charge is 0.311 e. The van der Waals surface area contributed by atoms with Gasteiger partial charge >= 0.3 is 11.4 Å². The maximum atomic E-state index is 12.4. The first-order valence-corrected chi connectivity index (χ1v) is 40.9. The molecule has 6 aromatic carbocycles. The average molecular weight is 1700 g/mol. The van der Waals surface area contributed by atoms with Crippen molar-refractivity contribution in [3.63, 3.8) is 0 Å². The summed E-state index contributed by atoms with van der Waals surface area (Å²) in [5.74, 6) is 2.80. The van der Waals surface area contributed by atoms with Crippen molar-refractivity contribution in [3.05, 3.63) is 230 Å². The summed E-state index contributed by atoms with van der Waals surface area (Å²) in [5, 5.41) is 44.2. The lowest BCUT2D eigenvalue weighted by Gasteiger charge is -2.27. The number of amides is 6. The topological polar surface area (TPSA) is 368 Å². The van der Waals surface area contributed by atoms with Crippen molar-refractivity contribution in [2.75, 3.05) is 148 Å². The molecule has 6 aliphatic rings. The number of likely N-dealkylation sites (tertiary alicyclic amines) is 4. The summed E-state index contributed by atoms with van der Waals surface area (Å²) < 4.78 is 40.5. The van der Waals surface area contributed by atoms with Gasteiger partial charge in [-0.25, -0.2) is 0 Å². The van der Waals surface area contributed by atoms with E-state index < -0.39 is 19.7 Å². The lowest BCUT2D eigenvalue weighted by Crippen LogP contribution is -2.41. The van der Waals surface area contributed by atoms with Crippen LogP contribution in [0.1, 0.15) is 131 Å². The highest BCUT2D eigenvalue weighted by Gasteiger charge is 2.25. The monoisotopic (exact) mass is 1700 g/mol. The van der Waals surface area contributed by atoms with Gasteiger partial charge in [0.2, 0.25) is 35.4 Å². The SMILES string of the molecule is COc1ccc(/C=C(\C)C(=O)N2CCCCC2)c([N+](=O)[O-])c1.COc1ccc(/C=C(\C)C(=O)N2CCCCC2)cc1[N+](=O)[O-].COc1ccc(/C=C(\C)C(=O)N2CCOCC2)cc1.COc1ccc(/C=C/C(=O)N2CCCCC2)c([N+](=O)[O-])c1.COc1ccc(/C=C/C(=O)N2CCCCC2)cc1[N+](=O)[O-].COc1ccc(/C=C/C(=O)N2CCOCC2)cc1. The molecule has 0 N–H and O–H groups in total. The van der Waals surface area contributed by atoms with Crippen LogP contribution in [0.4, 0.5) is 22.7 Å². The molecule has 123 heavy (non-hydrogen) atoms. The fraction of sp³-hybridized carbons (Fsp3) is 0.407. The van der Waals surface area contributed by atoms with E-state index in [9.17, 15) is 69.2 Å². The first-order valence-electron chi connectivity index (χ1n) is 40.9. The van der Waals surface area contributed by atoms with Crippen molar-refractivity contribution >= 4 is 94.6 Å². The minimum absolute atomic E-state index is 0.00169. The fourth-order valence-electron chi connectivity index (χ4n) is 13.6. The van der Waals surface area contributed by atoms with E-state index in [0.29, 0.717) is 97.5 Å². The predicted molar refractivity (Wildman–Crippen MR) is 469 cm³/mol. The quantitative estimate of drug-likeness (QED) is 0.0346. The molecule has 12 rings (SSSR count). The van der Waals surface area contributed by atoms with E-state index in [1.165, 1.54) is 77.0 Å². The fourth-order valence-corrected chi connectivity index (χ4v) is 13.6. The van der Waals surface area contributed by atoms with Crippen LogP contribution in [-0.4, -0.2) is 232 Å². The van der Waals surface area contributed by atoms with Crippen LogP contribution in [0.3, 0.4) is 0 Å². The van der Waals surface area contributed by atoms with Crippen LogP contribution in [-0.2, 0) is 38.2 Å². The van der Waals surface area contributed by atoms with Crippen LogP contribution >= 0.6 is 0 Å². The molecule has 658 valence electrons. The summed E-state index contributed by atoms with van der Waals surface area (Å²) in [5.41, 5.74) is 5.51. The highest BCUT2D eigenvalue weighted by molar-refractivity contribution is 5.99. The number of ether oxygens (including phenoxy) is 8. The molecule has 0 radical (unpaired) electrons. The third-order valence-electron chi connectivity index (χ3n) is 20.5. The second kappa shape index (κ2) is 51.5. The lowest BCUT2D eigenvalue weighted by atomic mass is 10.1. The van der Waals surface area contributed by atoms with E-state index >= 15 is 0 Å². The lowest BCUT2D eigenvalue weighted by molar-refractivity contribution is -0.385. The van der Waals surface area contributed by atoms with Gasteiger partial charge in [-0.3, -0.25) is 69.2 Å². The van der Waals surface area contributed by atoms with E-state index in [2.05, 4.69) is 0 Å². The molecule has 6 aromatic rings. The van der Waals surface area contributed by atoms with Crippen molar-refractivity contribution in [1.29, 1.82) is 0 Å². The maximum Gasteiger partial charge on any atom is 0.311 e. The molecule has 32 heteroatoms. The van der Waals surface area contributed by atoms with Gasteiger partial charge in [0, 0.05) is 126 Å². The molecule has 6 aliphatic heterocycles. The third kappa shape index (κ3) is 31.8. The zero-order valence-electron chi connectivity index (χ0n) is 71.5. The van der Waals surface area contributed by atoms with Crippen molar-refractivity contribution in [1.82, 2.24) is 29.4 Å². The normalized spacial score (nSPS) is 15.6. The average Bonchev–Trinajstić information content (AvgIpc) is 0.840. The second-order valence-corrected chi connectivity index (χ2v) is 29.1. The summed E-state index contributed by atoms with van der Waals surface area (Å²) in [6, 6.07) is 33.7. The minimum Gasteiger partial charge on any atom is -0.497 e. The van der Waals surface area contributed by atoms with Crippen LogP contribution in [0.2, 0.25) is 0 Å². The number of methoxy groups -OCH3 is 6. The summed E-state index contributed by atoms with van der Waals surface area (Å²) >= 11 is 0. The van der Waals surface area contributed by atoms with E-state index in [1.807, 2.05) is 82.3 Å². The Hall–Kier alpha value is -13.1. The number of morpholine rings is 2. The molecule has 6 amide bonds. The number of hydrogen-bond acceptors (Lipinski definition) is 22. The van der Waals surface area contributed by atoms with E-state index in [4.69, 9.17) is 37.9 Å². The summed E-state index contributed by atoms with van der Waals surface area (Å²) in [6.07, 6.45) is 27.4. The van der Waals surface area contributed by atoms with Gasteiger partial charge in [-0.1, -0.05) is 36.4 Å². The van der Waals surface area contributed by atoms with Crippen LogP contribution in [0.15, 0.2) is 156 Å². The molecule has 0 aromatic heterocycles. The molecule has 32 nitrogen and oxygen atoms in total. The second-order valence-electron chi connectivity index (χ2n) is 29.1. The first kappa shape index (κ1) is 97.0. The van der Waals surface area contributed by atoms with Gasteiger partial charge < -0.3 is 67.3 Å². The number of rotatable bonds is 22. The number of carbonyl (C=O) groups excluding carboxylic acids is 6. The van der Waals surface area contributed by atoms with Crippen molar-refractivity contribution < 1.29 is 86.4 Å². The van der Waals surface area contributed by atoms with Gasteiger partial charge in [-0.05, 0) is 217 Å². The summed E-state index contributed by atoms with van der Waals surface area (Å²) in [7, 11) is 8.96. The Bertz CT molecular complexity index is 4740. The standard InChI is InChI=1S/2C16H20N2O4.2C15H18N2O4.C15H19NO3.C14H17NO3/c1-12(16(19)17-8-4-3-5-9-17)10-13-6-7-14(22-2)11-15(13)18(20)21;1-12(16(19)17-8-4-3-5-9-17)10-13-6-7-15(22-2)14(11-13)18(20)21;1-21-13-7-5-12(14(11-13)17(19)20)6-8-15(18)16-9-3-2-4-10-16;1-21-14-7-5-12(11-13(14)17(19)20)6-8-15(18)16-9-3-2-4-10-16;1-12(15(17)16-7-9-19-10-8-16)11-13-3-5-14(18-2)6-4-13;1-17-13-5-2-12(3-6-13)4-7-14(16)15-8-10-18-11-9-15/h2*6-7,10-11H,3-5,8-9H2,1-2H3;2*5-8,11H,2-4,9-10H2,1H3;3-6,11H,7-10H2,1-2H3;2-7H,8-11H2,1H3/b2*12-10+;2*8-6+;12-11+;7-4+.